The second-order valence-electron chi connectivity index (χ2n) is 12.1. The Morgan fingerprint density at radius 1 is 0.894 bits per heavy atom. The topological polar surface area (TPSA) is 82.8 Å². The number of pyridine rings is 1. The van der Waals surface area contributed by atoms with Crippen LogP contribution in [0.25, 0.3) is 0 Å². The molecule has 2 aromatic heterocycles. The Balaban J connectivity index is 1.08. The van der Waals surface area contributed by atoms with Crippen LogP contribution in [0.2, 0.25) is 0 Å². The van der Waals surface area contributed by atoms with Crippen LogP contribution in [0.5, 0.6) is 0 Å². The number of piperidine rings is 1. The van der Waals surface area contributed by atoms with Crippen LogP contribution in [0, 0.1) is 12.7 Å². The van der Waals surface area contributed by atoms with Gasteiger partial charge in [-0.2, -0.15) is 18.2 Å². The van der Waals surface area contributed by atoms with Crippen molar-refractivity contribution in [1.29, 1.82) is 0 Å². The summed E-state index contributed by atoms with van der Waals surface area (Å²) >= 11 is 0. The molecule has 1 amide bonds. The zero-order chi connectivity index (χ0) is 33.1. The number of benzene rings is 2. The molecule has 0 saturated carbocycles. The van der Waals surface area contributed by atoms with Crippen molar-refractivity contribution in [2.45, 2.75) is 44.7 Å². The molecule has 0 N–H and O–H groups in total. The molecule has 2 aliphatic rings. The summed E-state index contributed by atoms with van der Waals surface area (Å²) in [4.78, 5) is 39.6. The smallest absolute Gasteiger partial charge is 0.420 e. The van der Waals surface area contributed by atoms with E-state index in [4.69, 9.17) is 4.42 Å². The van der Waals surface area contributed by atoms with E-state index >= 15 is 0 Å². The lowest BCUT2D eigenvalue weighted by Crippen LogP contribution is -2.49. The van der Waals surface area contributed by atoms with Gasteiger partial charge in [-0.1, -0.05) is 54.6 Å². The van der Waals surface area contributed by atoms with Crippen molar-refractivity contribution in [3.63, 3.8) is 0 Å². The predicted octanol–water partition coefficient (Wildman–Crippen LogP) is 6.24. The number of hydrogen-bond donors (Lipinski definition) is 0. The molecule has 0 radical (unpaired) electrons. The number of nitrogens with zero attached hydrogens (tertiary/aromatic N) is 5. The highest BCUT2D eigenvalue weighted by molar-refractivity contribution is 5.96. The Labute approximate surface area is 270 Å². The number of alkyl halides is 3. The Bertz CT molecular complexity index is 1730. The van der Waals surface area contributed by atoms with Crippen LogP contribution in [0.4, 0.5) is 29.4 Å². The second kappa shape index (κ2) is 13.5. The van der Waals surface area contributed by atoms with Crippen molar-refractivity contribution in [3.8, 4) is 0 Å². The van der Waals surface area contributed by atoms with Crippen molar-refractivity contribution in [2.24, 2.45) is 0 Å². The number of anilines is 2. The SMILES string of the molecule is Cc1cc(CC(=O)c2oc(N3CCC(c4ccccc4)CC3)nc2C(F)(F)F)cnc1N1CCN(C(=O)Cc2ccccc2F)CC1. The van der Waals surface area contributed by atoms with Gasteiger partial charge in [0.25, 0.3) is 6.01 Å². The Hall–Kier alpha value is -4.74. The number of amides is 1. The third kappa shape index (κ3) is 7.31. The number of halogens is 4. The predicted molar refractivity (Wildman–Crippen MR) is 168 cm³/mol. The molecule has 2 aromatic carbocycles. The molecule has 4 aromatic rings. The molecule has 0 aliphatic carbocycles. The molecule has 2 aliphatic heterocycles. The summed E-state index contributed by atoms with van der Waals surface area (Å²) < 4.78 is 61.5. The maximum atomic E-state index is 14.0. The van der Waals surface area contributed by atoms with Crippen LogP contribution in [-0.4, -0.2) is 65.8 Å². The summed E-state index contributed by atoms with van der Waals surface area (Å²) in [7, 11) is 0. The van der Waals surface area contributed by atoms with Gasteiger partial charge < -0.3 is 19.1 Å². The summed E-state index contributed by atoms with van der Waals surface area (Å²) in [6, 6.07) is 17.7. The van der Waals surface area contributed by atoms with Gasteiger partial charge in [0.2, 0.25) is 17.5 Å². The number of rotatable bonds is 8. The molecule has 47 heavy (non-hydrogen) atoms. The zero-order valence-electron chi connectivity index (χ0n) is 26.0. The lowest BCUT2D eigenvalue weighted by molar-refractivity contribution is -0.141. The van der Waals surface area contributed by atoms with Crippen molar-refractivity contribution in [2.75, 3.05) is 49.1 Å². The summed E-state index contributed by atoms with van der Waals surface area (Å²) in [5.41, 5.74) is 1.43. The van der Waals surface area contributed by atoms with Crippen LogP contribution in [0.15, 0.2) is 71.3 Å². The minimum absolute atomic E-state index is 0.0117. The number of ketones is 1. The van der Waals surface area contributed by atoms with E-state index in [-0.39, 0.29) is 24.8 Å². The van der Waals surface area contributed by atoms with Crippen LogP contribution in [-0.2, 0) is 23.8 Å². The number of aromatic nitrogens is 2. The minimum Gasteiger partial charge on any atom is -0.420 e. The van der Waals surface area contributed by atoms with Gasteiger partial charge in [0, 0.05) is 51.9 Å². The van der Waals surface area contributed by atoms with Crippen LogP contribution in [0.3, 0.4) is 0 Å². The van der Waals surface area contributed by atoms with E-state index in [1.54, 1.807) is 34.1 Å². The first kappa shape index (κ1) is 32.2. The van der Waals surface area contributed by atoms with Gasteiger partial charge >= 0.3 is 6.18 Å². The fourth-order valence-corrected chi connectivity index (χ4v) is 6.36. The quantitative estimate of drug-likeness (QED) is 0.165. The molecule has 0 bridgehead atoms. The minimum atomic E-state index is -4.86. The molecule has 0 unspecified atom stereocenters. The van der Waals surface area contributed by atoms with E-state index in [2.05, 4.69) is 9.97 Å². The average Bonchev–Trinajstić information content (AvgIpc) is 3.54. The maximum absolute atomic E-state index is 14.0. The highest BCUT2D eigenvalue weighted by Gasteiger charge is 2.42. The number of Topliss-reactive ketones (excluding diaryl/α,β-unsaturated/α-hetero) is 1. The fourth-order valence-electron chi connectivity index (χ4n) is 6.36. The number of oxazole rings is 1. The van der Waals surface area contributed by atoms with Crippen LogP contribution < -0.4 is 9.80 Å². The number of piperazine rings is 1. The molecule has 2 saturated heterocycles. The first-order chi connectivity index (χ1) is 22.6. The van der Waals surface area contributed by atoms with Crippen molar-refractivity contribution in [1.82, 2.24) is 14.9 Å². The number of carbonyl (C=O) groups excluding carboxylic acids is 2. The molecular formula is C35H35F4N5O3. The van der Waals surface area contributed by atoms with Crippen molar-refractivity contribution in [3.05, 3.63) is 106 Å². The highest BCUT2D eigenvalue weighted by Crippen LogP contribution is 2.37. The maximum Gasteiger partial charge on any atom is 0.437 e. The van der Waals surface area contributed by atoms with Gasteiger partial charge in [0.1, 0.15) is 11.6 Å². The summed E-state index contributed by atoms with van der Waals surface area (Å²) in [6.45, 7) is 4.63. The number of aryl methyl sites for hydroxylation is 1. The van der Waals surface area contributed by atoms with Gasteiger partial charge in [-0.3, -0.25) is 9.59 Å². The van der Waals surface area contributed by atoms with Crippen molar-refractivity contribution >= 4 is 23.5 Å². The highest BCUT2D eigenvalue weighted by atomic mass is 19.4. The van der Waals surface area contributed by atoms with E-state index in [0.29, 0.717) is 62.1 Å². The van der Waals surface area contributed by atoms with Crippen LogP contribution >= 0.6 is 0 Å². The largest absolute Gasteiger partial charge is 0.437 e. The standard InChI is InChI=1S/C35H35F4N5O3/c1-23-19-24(22-40-33(23)43-17-15-42(16-18-43)30(46)21-27-9-5-6-10-28(27)36)20-29(45)31-32(35(37,38)39)41-34(47-31)44-13-11-26(12-14-44)25-7-3-2-4-8-25/h2-10,19,22,26H,11-18,20-21H2,1H3. The first-order valence-corrected chi connectivity index (χ1v) is 15.7. The normalized spacial score (nSPS) is 16.1. The molecule has 2 fully saturated rings. The van der Waals surface area contributed by atoms with Gasteiger partial charge in [-0.05, 0) is 54.0 Å². The van der Waals surface area contributed by atoms with E-state index in [9.17, 15) is 27.2 Å². The van der Waals surface area contributed by atoms with Crippen molar-refractivity contribution < 1.29 is 31.6 Å². The van der Waals surface area contributed by atoms with Gasteiger partial charge in [0.05, 0.1) is 6.42 Å². The fraction of sp³-hybridized carbons (Fsp3) is 0.371. The van der Waals surface area contributed by atoms with E-state index in [0.717, 1.165) is 18.4 Å². The molecule has 246 valence electrons. The van der Waals surface area contributed by atoms with Gasteiger partial charge in [0.15, 0.2) is 5.69 Å². The summed E-state index contributed by atoms with van der Waals surface area (Å²) in [5, 5.41) is 0. The molecule has 4 heterocycles. The summed E-state index contributed by atoms with van der Waals surface area (Å²) in [6.07, 6.45) is -2.26. The van der Waals surface area contributed by atoms with E-state index < -0.39 is 29.2 Å². The number of carbonyl (C=O) groups is 2. The molecular weight excluding hydrogens is 614 g/mol. The average molecular weight is 650 g/mol. The number of hydrogen-bond acceptors (Lipinski definition) is 7. The zero-order valence-corrected chi connectivity index (χ0v) is 26.0. The monoisotopic (exact) mass is 649 g/mol. The Morgan fingerprint density at radius 3 is 2.23 bits per heavy atom. The van der Waals surface area contributed by atoms with E-state index in [1.165, 1.54) is 17.8 Å². The molecule has 8 nitrogen and oxygen atoms in total. The third-order valence-corrected chi connectivity index (χ3v) is 8.88. The summed E-state index contributed by atoms with van der Waals surface area (Å²) in [5.74, 6) is -1.23. The van der Waals surface area contributed by atoms with Gasteiger partial charge in [-0.15, -0.1) is 0 Å². The van der Waals surface area contributed by atoms with E-state index in [1.807, 2.05) is 42.2 Å². The lowest BCUT2D eigenvalue weighted by Gasteiger charge is -2.36. The molecule has 0 spiro atoms. The third-order valence-electron chi connectivity index (χ3n) is 8.88. The lowest BCUT2D eigenvalue weighted by atomic mass is 9.90. The molecule has 6 rings (SSSR count). The Morgan fingerprint density at radius 2 is 1.57 bits per heavy atom. The molecule has 12 heteroatoms. The second-order valence-corrected chi connectivity index (χ2v) is 12.1. The molecule has 0 atom stereocenters. The first-order valence-electron chi connectivity index (χ1n) is 15.7. The van der Waals surface area contributed by atoms with Gasteiger partial charge in [-0.25, -0.2) is 9.37 Å². The Kier molecular flexibility index (Phi) is 9.28. The van der Waals surface area contributed by atoms with Crippen LogP contribution in [0.1, 0.15) is 57.3 Å².